The number of rotatable bonds is 7. The van der Waals surface area contributed by atoms with Gasteiger partial charge in [-0.25, -0.2) is 9.37 Å². The van der Waals surface area contributed by atoms with Crippen LogP contribution in [0.3, 0.4) is 0 Å². The number of carbonyl (C=O) groups is 2. The summed E-state index contributed by atoms with van der Waals surface area (Å²) < 4.78 is 13.0. The molecule has 2 N–H and O–H groups in total. The summed E-state index contributed by atoms with van der Waals surface area (Å²) in [6.07, 6.45) is 1.63. The molecule has 2 amide bonds. The van der Waals surface area contributed by atoms with E-state index in [9.17, 15) is 14.0 Å². The highest BCUT2D eigenvalue weighted by atomic mass is 35.5. The Hall–Kier alpha value is -2.84. The summed E-state index contributed by atoms with van der Waals surface area (Å²) in [6.45, 7) is -0.0937. The maximum absolute atomic E-state index is 13.0. The van der Waals surface area contributed by atoms with Crippen LogP contribution in [0.1, 0.15) is 0 Å². The van der Waals surface area contributed by atoms with Crippen LogP contribution in [-0.2, 0) is 9.59 Å². The quantitative estimate of drug-likeness (QED) is 0.552. The summed E-state index contributed by atoms with van der Waals surface area (Å²) in [5.41, 5.74) is 2.02. The Balaban J connectivity index is 1.49. The summed E-state index contributed by atoms with van der Waals surface area (Å²) in [5, 5.41) is 3.67. The molecule has 0 fully saturated rings. The van der Waals surface area contributed by atoms with Gasteiger partial charge in [-0.1, -0.05) is 35.5 Å². The Morgan fingerprint density at radius 3 is 2.66 bits per heavy atom. The van der Waals surface area contributed by atoms with Crippen LogP contribution < -0.4 is 5.32 Å². The van der Waals surface area contributed by atoms with Gasteiger partial charge < -0.3 is 15.2 Å². The largest absolute Gasteiger partial charge is 0.336 e. The van der Waals surface area contributed by atoms with Gasteiger partial charge in [0.05, 0.1) is 34.9 Å². The zero-order valence-electron chi connectivity index (χ0n) is 15.5. The number of aromatic amines is 1. The predicted molar refractivity (Wildman–Crippen MR) is 112 cm³/mol. The SMILES string of the molecule is CN(CC(=O)Nc1ccccc1Cl)C(=O)CSc1ncc(-c2ccc(F)cc2)[nH]1. The van der Waals surface area contributed by atoms with Crippen LogP contribution in [0, 0.1) is 5.82 Å². The smallest absolute Gasteiger partial charge is 0.244 e. The van der Waals surface area contributed by atoms with E-state index in [1.807, 2.05) is 0 Å². The summed E-state index contributed by atoms with van der Waals surface area (Å²) in [5.74, 6) is -0.749. The fraction of sp³-hybridized carbons (Fsp3) is 0.150. The van der Waals surface area contributed by atoms with Crippen molar-refractivity contribution >= 4 is 40.9 Å². The summed E-state index contributed by atoms with van der Waals surface area (Å²) in [4.78, 5) is 33.1. The van der Waals surface area contributed by atoms with E-state index in [1.54, 1.807) is 49.6 Å². The molecule has 0 aliphatic heterocycles. The van der Waals surface area contributed by atoms with E-state index in [-0.39, 0.29) is 29.9 Å². The number of anilines is 1. The number of imidazole rings is 1. The van der Waals surface area contributed by atoms with E-state index >= 15 is 0 Å². The van der Waals surface area contributed by atoms with Gasteiger partial charge in [-0.15, -0.1) is 0 Å². The van der Waals surface area contributed by atoms with Crippen LogP contribution in [-0.4, -0.2) is 46.0 Å². The van der Waals surface area contributed by atoms with Gasteiger partial charge in [0.25, 0.3) is 0 Å². The zero-order valence-corrected chi connectivity index (χ0v) is 17.1. The number of carbonyl (C=O) groups excluding carboxylic acids is 2. The highest BCUT2D eigenvalue weighted by molar-refractivity contribution is 7.99. The summed E-state index contributed by atoms with van der Waals surface area (Å²) in [7, 11) is 1.56. The average molecular weight is 433 g/mol. The van der Waals surface area contributed by atoms with Gasteiger partial charge in [-0.3, -0.25) is 9.59 Å². The second-order valence-electron chi connectivity index (χ2n) is 6.18. The third-order valence-electron chi connectivity index (χ3n) is 3.99. The number of para-hydroxylation sites is 1. The number of nitrogens with one attached hydrogen (secondary N) is 2. The fourth-order valence-electron chi connectivity index (χ4n) is 2.45. The molecule has 0 radical (unpaired) electrons. The van der Waals surface area contributed by atoms with E-state index in [1.165, 1.54) is 28.8 Å². The molecule has 0 saturated carbocycles. The third-order valence-corrected chi connectivity index (χ3v) is 5.20. The molecule has 29 heavy (non-hydrogen) atoms. The molecule has 6 nitrogen and oxygen atoms in total. The van der Waals surface area contributed by atoms with E-state index in [4.69, 9.17) is 11.6 Å². The van der Waals surface area contributed by atoms with Crippen molar-refractivity contribution in [2.24, 2.45) is 0 Å². The van der Waals surface area contributed by atoms with Gasteiger partial charge >= 0.3 is 0 Å². The normalized spacial score (nSPS) is 10.6. The first-order valence-corrected chi connectivity index (χ1v) is 10.0. The zero-order chi connectivity index (χ0) is 20.8. The standard InChI is InChI=1S/C20H18ClFN4O2S/c1-26(11-18(27)24-16-5-3-2-4-15(16)21)19(28)12-29-20-23-10-17(25-20)13-6-8-14(22)9-7-13/h2-10H,11-12H2,1H3,(H,23,25)(H,24,27). The average Bonchev–Trinajstić information content (AvgIpc) is 3.17. The van der Waals surface area contributed by atoms with Crippen molar-refractivity contribution in [2.45, 2.75) is 5.16 Å². The number of hydrogen-bond acceptors (Lipinski definition) is 4. The van der Waals surface area contributed by atoms with Crippen molar-refractivity contribution in [2.75, 3.05) is 24.7 Å². The highest BCUT2D eigenvalue weighted by Crippen LogP contribution is 2.22. The van der Waals surface area contributed by atoms with E-state index in [2.05, 4.69) is 15.3 Å². The maximum Gasteiger partial charge on any atom is 0.244 e. The first-order chi connectivity index (χ1) is 13.9. The Labute approximate surface area is 176 Å². The summed E-state index contributed by atoms with van der Waals surface area (Å²) >= 11 is 7.24. The lowest BCUT2D eigenvalue weighted by atomic mass is 10.2. The number of likely N-dealkylation sites (N-methyl/N-ethyl adjacent to an activating group) is 1. The Bertz CT molecular complexity index is 1010. The number of H-pyrrole nitrogens is 1. The first-order valence-electron chi connectivity index (χ1n) is 8.64. The van der Waals surface area contributed by atoms with E-state index in [0.29, 0.717) is 15.9 Å². The van der Waals surface area contributed by atoms with E-state index in [0.717, 1.165) is 11.3 Å². The minimum atomic E-state index is -0.337. The van der Waals surface area contributed by atoms with Crippen LogP contribution in [0.15, 0.2) is 59.9 Å². The molecule has 0 atom stereocenters. The van der Waals surface area contributed by atoms with Gasteiger partial charge in [0.1, 0.15) is 5.82 Å². The van der Waals surface area contributed by atoms with Crippen molar-refractivity contribution < 1.29 is 14.0 Å². The molecule has 0 spiro atoms. The molecule has 3 aromatic rings. The first kappa shape index (κ1) is 20.9. The molecule has 0 aliphatic rings. The lowest BCUT2D eigenvalue weighted by Gasteiger charge is -2.16. The predicted octanol–water partition coefficient (Wildman–Crippen LogP) is 4.06. The van der Waals surface area contributed by atoms with E-state index < -0.39 is 0 Å². The molecular formula is C20H18ClFN4O2S. The molecule has 1 aromatic heterocycles. The molecular weight excluding hydrogens is 415 g/mol. The number of hydrogen-bond donors (Lipinski definition) is 2. The van der Waals surface area contributed by atoms with Crippen molar-refractivity contribution in [1.29, 1.82) is 0 Å². The van der Waals surface area contributed by atoms with Crippen LogP contribution >= 0.6 is 23.4 Å². The van der Waals surface area contributed by atoms with Crippen molar-refractivity contribution in [3.63, 3.8) is 0 Å². The van der Waals surface area contributed by atoms with Crippen LogP contribution in [0.25, 0.3) is 11.3 Å². The lowest BCUT2D eigenvalue weighted by Crippen LogP contribution is -2.36. The van der Waals surface area contributed by atoms with Gasteiger partial charge in [0.2, 0.25) is 11.8 Å². The molecule has 1 heterocycles. The van der Waals surface area contributed by atoms with Crippen LogP contribution in [0.4, 0.5) is 10.1 Å². The third kappa shape index (κ3) is 5.82. The number of benzene rings is 2. The second kappa shape index (κ2) is 9.58. The minimum absolute atomic E-state index is 0.0937. The van der Waals surface area contributed by atoms with Crippen LogP contribution in [0.2, 0.25) is 5.02 Å². The molecule has 0 saturated heterocycles. The molecule has 0 bridgehead atoms. The number of amides is 2. The molecule has 9 heteroatoms. The second-order valence-corrected chi connectivity index (χ2v) is 7.55. The topological polar surface area (TPSA) is 78.1 Å². The lowest BCUT2D eigenvalue weighted by molar-refractivity contribution is -0.131. The number of halogens is 2. The number of aromatic nitrogens is 2. The van der Waals surface area contributed by atoms with Crippen molar-refractivity contribution in [3.8, 4) is 11.3 Å². The maximum atomic E-state index is 13.0. The molecule has 0 aliphatic carbocycles. The van der Waals surface area contributed by atoms with Gasteiger partial charge in [0, 0.05) is 7.05 Å². The monoisotopic (exact) mass is 432 g/mol. The van der Waals surface area contributed by atoms with Crippen molar-refractivity contribution in [3.05, 3.63) is 65.6 Å². The van der Waals surface area contributed by atoms with Crippen molar-refractivity contribution in [1.82, 2.24) is 14.9 Å². The Morgan fingerprint density at radius 2 is 1.93 bits per heavy atom. The Morgan fingerprint density at radius 1 is 1.21 bits per heavy atom. The highest BCUT2D eigenvalue weighted by Gasteiger charge is 2.15. The van der Waals surface area contributed by atoms with Crippen LogP contribution in [0.5, 0.6) is 0 Å². The molecule has 2 aromatic carbocycles. The molecule has 0 unspecified atom stereocenters. The number of thioether (sulfide) groups is 1. The summed E-state index contributed by atoms with van der Waals surface area (Å²) in [6, 6.07) is 12.9. The minimum Gasteiger partial charge on any atom is -0.336 e. The van der Waals surface area contributed by atoms with Gasteiger partial charge in [-0.2, -0.15) is 0 Å². The van der Waals surface area contributed by atoms with Gasteiger partial charge in [-0.05, 0) is 42.0 Å². The molecule has 3 rings (SSSR count). The fourth-order valence-corrected chi connectivity index (χ4v) is 3.42. The number of nitrogens with zero attached hydrogens (tertiary/aromatic N) is 2. The molecule has 150 valence electrons. The van der Waals surface area contributed by atoms with Gasteiger partial charge in [0.15, 0.2) is 5.16 Å². The Kier molecular flexibility index (Phi) is 6.90.